The van der Waals surface area contributed by atoms with Gasteiger partial charge in [0.15, 0.2) is 5.11 Å². The van der Waals surface area contributed by atoms with Gasteiger partial charge in [0.25, 0.3) is 11.8 Å². The molecule has 1 heterocycles. The first kappa shape index (κ1) is 19.5. The molecule has 0 aliphatic heterocycles. The molecule has 0 atom stereocenters. The van der Waals surface area contributed by atoms with Crippen molar-refractivity contribution in [1.29, 1.82) is 0 Å². The molecule has 4 rings (SSSR count). The van der Waals surface area contributed by atoms with E-state index in [2.05, 4.69) is 10.6 Å². The number of nitrogens with two attached hydrogens (primary N) is 1. The Morgan fingerprint density at radius 3 is 2.55 bits per heavy atom. The minimum absolute atomic E-state index is 0.155. The van der Waals surface area contributed by atoms with Crippen molar-refractivity contribution in [3.63, 3.8) is 0 Å². The van der Waals surface area contributed by atoms with E-state index in [4.69, 9.17) is 18.0 Å². The van der Waals surface area contributed by atoms with Crippen LogP contribution >= 0.6 is 23.6 Å². The zero-order valence-electron chi connectivity index (χ0n) is 15.8. The second-order valence-corrected chi connectivity index (χ2v) is 8.62. The predicted molar refractivity (Wildman–Crippen MR) is 122 cm³/mol. The summed E-state index contributed by atoms with van der Waals surface area (Å²) in [5, 5.41) is 8.55. The van der Waals surface area contributed by atoms with Crippen molar-refractivity contribution in [3.8, 4) is 0 Å². The van der Waals surface area contributed by atoms with Crippen LogP contribution in [-0.2, 0) is 12.8 Å². The van der Waals surface area contributed by atoms with Gasteiger partial charge in [-0.1, -0.05) is 36.8 Å². The van der Waals surface area contributed by atoms with Crippen LogP contribution in [0.4, 0.5) is 5.00 Å². The van der Waals surface area contributed by atoms with Crippen molar-refractivity contribution in [2.45, 2.75) is 32.1 Å². The SMILES string of the molecule is NC(=O)c1c(NC(=S)NC(=O)c2ccc3ccccc3c2)sc2c1CCCCC2. The minimum Gasteiger partial charge on any atom is -0.365 e. The Morgan fingerprint density at radius 1 is 1.00 bits per heavy atom. The van der Waals surface area contributed by atoms with Crippen molar-refractivity contribution >= 4 is 56.3 Å². The van der Waals surface area contributed by atoms with Crippen LogP contribution in [0.2, 0.25) is 0 Å². The van der Waals surface area contributed by atoms with Crippen molar-refractivity contribution in [3.05, 3.63) is 64.0 Å². The standard InChI is InChI=1S/C22H21N3O2S2/c23-19(26)18-16-8-2-1-3-9-17(16)29-21(18)25-22(28)24-20(27)15-11-10-13-6-4-5-7-14(13)12-15/h4-7,10-12H,1-3,8-9H2,(H2,23,26)(H2,24,25,27,28). The molecular formula is C22H21N3O2S2. The van der Waals surface area contributed by atoms with Gasteiger partial charge in [-0.05, 0) is 66.4 Å². The van der Waals surface area contributed by atoms with Gasteiger partial charge in [-0.2, -0.15) is 0 Å². The fraction of sp³-hybridized carbons (Fsp3) is 0.227. The number of amides is 2. The number of thiophene rings is 1. The molecule has 0 fully saturated rings. The molecule has 0 saturated heterocycles. The van der Waals surface area contributed by atoms with Gasteiger partial charge in [0.2, 0.25) is 0 Å². The molecule has 0 saturated carbocycles. The molecule has 29 heavy (non-hydrogen) atoms. The molecule has 2 aromatic carbocycles. The van der Waals surface area contributed by atoms with Crippen LogP contribution in [0.15, 0.2) is 42.5 Å². The zero-order chi connectivity index (χ0) is 20.4. The lowest BCUT2D eigenvalue weighted by atomic mass is 10.1. The maximum Gasteiger partial charge on any atom is 0.257 e. The topological polar surface area (TPSA) is 84.2 Å². The molecule has 1 aliphatic carbocycles. The molecule has 0 bridgehead atoms. The van der Waals surface area contributed by atoms with Crippen LogP contribution in [-0.4, -0.2) is 16.9 Å². The molecule has 1 aromatic heterocycles. The van der Waals surface area contributed by atoms with E-state index >= 15 is 0 Å². The smallest absolute Gasteiger partial charge is 0.257 e. The third-order valence-corrected chi connectivity index (χ3v) is 6.54. The first-order chi connectivity index (χ1) is 14.0. The Kier molecular flexibility index (Phi) is 5.60. The molecular weight excluding hydrogens is 402 g/mol. The highest BCUT2D eigenvalue weighted by atomic mass is 32.1. The highest BCUT2D eigenvalue weighted by Crippen LogP contribution is 2.37. The Labute approximate surface area is 178 Å². The number of benzene rings is 2. The van der Waals surface area contributed by atoms with E-state index in [9.17, 15) is 9.59 Å². The first-order valence-electron chi connectivity index (χ1n) is 9.58. The fourth-order valence-corrected chi connectivity index (χ4v) is 5.29. The van der Waals surface area contributed by atoms with Gasteiger partial charge < -0.3 is 11.1 Å². The first-order valence-corrected chi connectivity index (χ1v) is 10.8. The summed E-state index contributed by atoms with van der Waals surface area (Å²) >= 11 is 6.84. The van der Waals surface area contributed by atoms with Crippen molar-refractivity contribution in [1.82, 2.24) is 5.32 Å². The lowest BCUT2D eigenvalue weighted by Crippen LogP contribution is -2.34. The Bertz CT molecular complexity index is 1120. The monoisotopic (exact) mass is 423 g/mol. The summed E-state index contributed by atoms with van der Waals surface area (Å²) in [6.07, 6.45) is 5.10. The number of aryl methyl sites for hydroxylation is 1. The number of rotatable bonds is 3. The highest BCUT2D eigenvalue weighted by Gasteiger charge is 2.24. The van der Waals surface area contributed by atoms with E-state index in [0.29, 0.717) is 16.1 Å². The second-order valence-electron chi connectivity index (χ2n) is 7.10. The van der Waals surface area contributed by atoms with E-state index in [1.54, 1.807) is 6.07 Å². The lowest BCUT2D eigenvalue weighted by molar-refractivity contribution is 0.0975. The van der Waals surface area contributed by atoms with Gasteiger partial charge in [-0.15, -0.1) is 11.3 Å². The number of hydrogen-bond acceptors (Lipinski definition) is 4. The highest BCUT2D eigenvalue weighted by molar-refractivity contribution is 7.80. The van der Waals surface area contributed by atoms with Crippen LogP contribution in [0, 0.1) is 0 Å². The number of primary amides is 1. The Hall–Kier alpha value is -2.77. The van der Waals surface area contributed by atoms with E-state index in [0.717, 1.165) is 48.4 Å². The number of nitrogens with one attached hydrogen (secondary N) is 2. The number of anilines is 1. The number of carbonyl (C=O) groups excluding carboxylic acids is 2. The van der Waals surface area contributed by atoms with Gasteiger partial charge >= 0.3 is 0 Å². The molecule has 4 N–H and O–H groups in total. The summed E-state index contributed by atoms with van der Waals surface area (Å²) in [5.74, 6) is -0.762. The predicted octanol–water partition coefficient (Wildman–Crippen LogP) is 4.40. The summed E-state index contributed by atoms with van der Waals surface area (Å²) in [6.45, 7) is 0. The van der Waals surface area contributed by atoms with Crippen molar-refractivity contribution in [2.75, 3.05) is 5.32 Å². The van der Waals surface area contributed by atoms with E-state index in [1.165, 1.54) is 16.2 Å². The molecule has 0 spiro atoms. The Balaban J connectivity index is 1.52. The zero-order valence-corrected chi connectivity index (χ0v) is 17.4. The molecule has 148 valence electrons. The minimum atomic E-state index is -0.462. The number of thiocarbonyl (C=S) groups is 1. The van der Waals surface area contributed by atoms with Crippen molar-refractivity contribution in [2.24, 2.45) is 5.73 Å². The fourth-order valence-electron chi connectivity index (χ4n) is 3.73. The van der Waals surface area contributed by atoms with Crippen LogP contribution in [0.25, 0.3) is 10.8 Å². The number of carbonyl (C=O) groups is 2. The lowest BCUT2D eigenvalue weighted by Gasteiger charge is -2.10. The molecule has 0 radical (unpaired) electrons. The average molecular weight is 424 g/mol. The summed E-state index contributed by atoms with van der Waals surface area (Å²) in [4.78, 5) is 25.9. The average Bonchev–Trinajstić information content (AvgIpc) is 2.88. The number of fused-ring (bicyclic) bond motifs is 2. The van der Waals surface area contributed by atoms with Gasteiger partial charge in [0.05, 0.1) is 5.56 Å². The number of hydrogen-bond donors (Lipinski definition) is 3. The third kappa shape index (κ3) is 4.16. The maximum absolute atomic E-state index is 12.6. The summed E-state index contributed by atoms with van der Waals surface area (Å²) < 4.78 is 0. The normalized spacial score (nSPS) is 13.4. The summed E-state index contributed by atoms with van der Waals surface area (Å²) in [5.41, 5.74) is 7.71. The molecule has 1 aliphatic rings. The van der Waals surface area contributed by atoms with Gasteiger partial charge in [0, 0.05) is 10.4 Å². The van der Waals surface area contributed by atoms with Gasteiger partial charge in [0.1, 0.15) is 5.00 Å². The van der Waals surface area contributed by atoms with Crippen LogP contribution in [0.3, 0.4) is 0 Å². The third-order valence-electron chi connectivity index (χ3n) is 5.13. The van der Waals surface area contributed by atoms with E-state index in [-0.39, 0.29) is 11.0 Å². The largest absolute Gasteiger partial charge is 0.365 e. The molecule has 7 heteroatoms. The molecule has 0 unspecified atom stereocenters. The molecule has 2 amide bonds. The molecule has 3 aromatic rings. The van der Waals surface area contributed by atoms with Gasteiger partial charge in [-0.3, -0.25) is 14.9 Å². The van der Waals surface area contributed by atoms with Gasteiger partial charge in [-0.25, -0.2) is 0 Å². The van der Waals surface area contributed by atoms with Crippen LogP contribution < -0.4 is 16.4 Å². The summed E-state index contributed by atoms with van der Waals surface area (Å²) in [6, 6.07) is 13.3. The summed E-state index contributed by atoms with van der Waals surface area (Å²) in [7, 11) is 0. The maximum atomic E-state index is 12.6. The quantitative estimate of drug-likeness (QED) is 0.431. The van der Waals surface area contributed by atoms with Crippen LogP contribution in [0.5, 0.6) is 0 Å². The van der Waals surface area contributed by atoms with Crippen LogP contribution in [0.1, 0.15) is 50.4 Å². The molecule has 5 nitrogen and oxygen atoms in total. The Morgan fingerprint density at radius 2 is 1.76 bits per heavy atom. The second kappa shape index (κ2) is 8.31. The van der Waals surface area contributed by atoms with E-state index < -0.39 is 5.91 Å². The van der Waals surface area contributed by atoms with E-state index in [1.807, 2.05) is 36.4 Å². The van der Waals surface area contributed by atoms with Crippen molar-refractivity contribution < 1.29 is 9.59 Å².